The van der Waals surface area contributed by atoms with Crippen molar-refractivity contribution in [3.05, 3.63) is 71.8 Å². The number of hydrogen-bond donors (Lipinski definition) is 2. The Kier molecular flexibility index (Phi) is 4.43. The van der Waals surface area contributed by atoms with Crippen LogP contribution in [-0.2, 0) is 0 Å². The summed E-state index contributed by atoms with van der Waals surface area (Å²) in [6.45, 7) is 0. The molecule has 0 heterocycles. The Balaban J connectivity index is 1.86. The molecule has 120 valence electrons. The van der Waals surface area contributed by atoms with Gasteiger partial charge in [-0.1, -0.05) is 36.4 Å². The topological polar surface area (TPSA) is 76.7 Å². The molecule has 3 aromatic rings. The fourth-order valence-corrected chi connectivity index (χ4v) is 2.49. The lowest BCUT2D eigenvalue weighted by molar-refractivity contribution is 0.0955. The number of methoxy groups -OCH3 is 1. The van der Waals surface area contributed by atoms with Gasteiger partial charge in [-0.25, -0.2) is 5.43 Å². The van der Waals surface area contributed by atoms with Gasteiger partial charge in [-0.05, 0) is 35.0 Å². The predicted octanol–water partition coefficient (Wildman–Crippen LogP) is 3.19. The molecule has 0 bridgehead atoms. The summed E-state index contributed by atoms with van der Waals surface area (Å²) in [4.78, 5) is 12.1. The minimum atomic E-state index is -0.322. The van der Waals surface area contributed by atoms with Crippen molar-refractivity contribution in [3.63, 3.8) is 0 Å². The smallest absolute Gasteiger partial charge is 0.271 e. The lowest BCUT2D eigenvalue weighted by Crippen LogP contribution is -2.17. The monoisotopic (exact) mass is 319 g/mol. The van der Waals surface area contributed by atoms with Crippen LogP contribution < -0.4 is 15.9 Å². The number of hydrazone groups is 1. The highest BCUT2D eigenvalue weighted by Gasteiger charge is 2.07. The maximum absolute atomic E-state index is 12.1. The summed E-state index contributed by atoms with van der Waals surface area (Å²) < 4.78 is 5.39. The van der Waals surface area contributed by atoms with Gasteiger partial charge in [-0.3, -0.25) is 4.79 Å². The highest BCUT2D eigenvalue weighted by molar-refractivity contribution is 6.03. The molecule has 5 heteroatoms. The van der Waals surface area contributed by atoms with E-state index in [1.165, 1.54) is 0 Å². The van der Waals surface area contributed by atoms with Crippen LogP contribution in [0.1, 0.15) is 15.9 Å². The zero-order chi connectivity index (χ0) is 16.9. The number of amides is 1. The van der Waals surface area contributed by atoms with E-state index in [0.29, 0.717) is 17.0 Å². The van der Waals surface area contributed by atoms with Crippen LogP contribution in [0.4, 0.5) is 5.69 Å². The van der Waals surface area contributed by atoms with Crippen molar-refractivity contribution in [3.8, 4) is 5.75 Å². The molecule has 0 aliphatic carbocycles. The van der Waals surface area contributed by atoms with E-state index in [4.69, 9.17) is 10.5 Å². The van der Waals surface area contributed by atoms with Crippen molar-refractivity contribution in [1.82, 2.24) is 5.43 Å². The molecular weight excluding hydrogens is 302 g/mol. The SMILES string of the molecule is COc1ccc2ccccc2c1/C=N\NC(=O)c1cccc(N)c1. The third-order valence-corrected chi connectivity index (χ3v) is 3.66. The Morgan fingerprint density at radius 3 is 2.75 bits per heavy atom. The van der Waals surface area contributed by atoms with Crippen LogP contribution in [0.25, 0.3) is 10.8 Å². The molecule has 0 radical (unpaired) electrons. The molecule has 0 aliphatic rings. The fourth-order valence-electron chi connectivity index (χ4n) is 2.49. The number of nitrogens with zero attached hydrogens (tertiary/aromatic N) is 1. The van der Waals surface area contributed by atoms with Crippen LogP contribution >= 0.6 is 0 Å². The van der Waals surface area contributed by atoms with Crippen molar-refractivity contribution in [1.29, 1.82) is 0 Å². The van der Waals surface area contributed by atoms with E-state index in [9.17, 15) is 4.79 Å². The van der Waals surface area contributed by atoms with Crippen LogP contribution in [0.15, 0.2) is 65.8 Å². The summed E-state index contributed by atoms with van der Waals surface area (Å²) in [5.41, 5.74) is 9.99. The van der Waals surface area contributed by atoms with Crippen LogP contribution in [0.3, 0.4) is 0 Å². The van der Waals surface area contributed by atoms with Crippen molar-refractivity contribution < 1.29 is 9.53 Å². The standard InChI is InChI=1S/C19H17N3O2/c1-24-18-10-9-13-5-2-3-8-16(13)17(18)12-21-22-19(23)14-6-4-7-15(20)11-14/h2-12H,20H2,1H3,(H,22,23)/b21-12-. The van der Waals surface area contributed by atoms with Crippen molar-refractivity contribution in [2.75, 3.05) is 12.8 Å². The van der Waals surface area contributed by atoms with E-state index in [0.717, 1.165) is 16.3 Å². The average molecular weight is 319 g/mol. The lowest BCUT2D eigenvalue weighted by Gasteiger charge is -2.08. The van der Waals surface area contributed by atoms with E-state index in [-0.39, 0.29) is 5.91 Å². The summed E-state index contributed by atoms with van der Waals surface area (Å²) in [6, 6.07) is 18.5. The first-order valence-corrected chi connectivity index (χ1v) is 7.44. The van der Waals surface area contributed by atoms with Gasteiger partial charge < -0.3 is 10.5 Å². The highest BCUT2D eigenvalue weighted by Crippen LogP contribution is 2.26. The summed E-state index contributed by atoms with van der Waals surface area (Å²) in [5, 5.41) is 6.13. The number of ether oxygens (including phenoxy) is 1. The molecule has 0 saturated carbocycles. The number of nitrogen functional groups attached to an aromatic ring is 1. The van der Waals surface area contributed by atoms with Gasteiger partial charge in [0.05, 0.1) is 13.3 Å². The molecule has 3 N–H and O–H groups in total. The number of anilines is 1. The van der Waals surface area contributed by atoms with Crippen molar-refractivity contribution >= 4 is 28.6 Å². The quantitative estimate of drug-likeness (QED) is 0.440. The van der Waals surface area contributed by atoms with E-state index < -0.39 is 0 Å². The maximum atomic E-state index is 12.1. The fraction of sp³-hybridized carbons (Fsp3) is 0.0526. The predicted molar refractivity (Wildman–Crippen MR) is 96.4 cm³/mol. The molecule has 0 atom stereocenters. The largest absolute Gasteiger partial charge is 0.496 e. The second-order valence-electron chi connectivity index (χ2n) is 5.23. The van der Waals surface area contributed by atoms with Crippen LogP contribution in [0, 0.1) is 0 Å². The van der Waals surface area contributed by atoms with Gasteiger partial charge in [-0.15, -0.1) is 0 Å². The Bertz CT molecular complexity index is 919. The van der Waals surface area contributed by atoms with Crippen LogP contribution in [-0.4, -0.2) is 19.2 Å². The van der Waals surface area contributed by atoms with Gasteiger partial charge >= 0.3 is 0 Å². The van der Waals surface area contributed by atoms with Crippen molar-refractivity contribution in [2.45, 2.75) is 0 Å². The maximum Gasteiger partial charge on any atom is 0.271 e. The van der Waals surface area contributed by atoms with Gasteiger partial charge in [0.2, 0.25) is 0 Å². The second-order valence-corrected chi connectivity index (χ2v) is 5.23. The third kappa shape index (κ3) is 3.20. The Labute approximate surface area is 139 Å². The van der Waals surface area contributed by atoms with E-state index in [2.05, 4.69) is 10.5 Å². The van der Waals surface area contributed by atoms with Gasteiger partial charge in [0.1, 0.15) is 5.75 Å². The van der Waals surface area contributed by atoms with Crippen molar-refractivity contribution in [2.24, 2.45) is 5.10 Å². The number of fused-ring (bicyclic) bond motifs is 1. The summed E-state index contributed by atoms with van der Waals surface area (Å²) in [6.07, 6.45) is 1.59. The number of rotatable bonds is 4. The first-order valence-electron chi connectivity index (χ1n) is 7.44. The Morgan fingerprint density at radius 2 is 1.96 bits per heavy atom. The van der Waals surface area contributed by atoms with Crippen LogP contribution in [0.2, 0.25) is 0 Å². The molecule has 3 rings (SSSR count). The normalized spacial score (nSPS) is 10.9. The number of hydrogen-bond acceptors (Lipinski definition) is 4. The average Bonchev–Trinajstić information content (AvgIpc) is 2.61. The molecule has 0 aliphatic heterocycles. The second kappa shape index (κ2) is 6.83. The molecule has 0 aromatic heterocycles. The number of nitrogens with one attached hydrogen (secondary N) is 1. The lowest BCUT2D eigenvalue weighted by atomic mass is 10.0. The first-order chi connectivity index (χ1) is 11.7. The third-order valence-electron chi connectivity index (χ3n) is 3.66. The number of nitrogens with two attached hydrogens (primary N) is 1. The highest BCUT2D eigenvalue weighted by atomic mass is 16.5. The number of benzene rings is 3. The summed E-state index contributed by atoms with van der Waals surface area (Å²) in [7, 11) is 1.60. The Hall–Kier alpha value is -3.34. The molecule has 0 saturated heterocycles. The molecule has 5 nitrogen and oxygen atoms in total. The number of carbonyl (C=O) groups excluding carboxylic acids is 1. The minimum Gasteiger partial charge on any atom is -0.496 e. The van der Waals surface area contributed by atoms with Gasteiger partial charge in [0.25, 0.3) is 5.91 Å². The molecule has 3 aromatic carbocycles. The van der Waals surface area contributed by atoms with Gasteiger partial charge in [-0.2, -0.15) is 5.10 Å². The van der Waals surface area contributed by atoms with E-state index >= 15 is 0 Å². The molecule has 24 heavy (non-hydrogen) atoms. The molecule has 1 amide bonds. The van der Waals surface area contributed by atoms with Gasteiger partial charge in [0, 0.05) is 16.8 Å². The molecule has 0 spiro atoms. The summed E-state index contributed by atoms with van der Waals surface area (Å²) in [5.74, 6) is 0.369. The zero-order valence-electron chi connectivity index (χ0n) is 13.2. The minimum absolute atomic E-state index is 0.322. The van der Waals surface area contributed by atoms with Crippen LogP contribution in [0.5, 0.6) is 5.75 Å². The molecule has 0 fully saturated rings. The first kappa shape index (κ1) is 15.6. The molecular formula is C19H17N3O2. The van der Waals surface area contributed by atoms with E-state index in [1.807, 2.05) is 36.4 Å². The summed E-state index contributed by atoms with van der Waals surface area (Å²) >= 11 is 0. The van der Waals surface area contributed by atoms with Gasteiger partial charge in [0.15, 0.2) is 0 Å². The zero-order valence-corrected chi connectivity index (χ0v) is 13.2. The number of carbonyl (C=O) groups is 1. The Morgan fingerprint density at radius 1 is 1.12 bits per heavy atom. The van der Waals surface area contributed by atoms with E-state index in [1.54, 1.807) is 37.6 Å². The molecule has 0 unspecified atom stereocenters.